The van der Waals surface area contributed by atoms with Crippen molar-refractivity contribution in [2.24, 2.45) is 10.3 Å². The molecule has 1 aromatic carbocycles. The number of amidine groups is 1. The van der Waals surface area contributed by atoms with Gasteiger partial charge in [0.15, 0.2) is 5.84 Å². The number of carbonyl (C=O) groups excluding carboxylic acids is 1. The summed E-state index contributed by atoms with van der Waals surface area (Å²) < 4.78 is 28.2. The number of fused-ring (bicyclic) bond motifs is 1. The smallest absolute Gasteiger partial charge is 0.285 e. The fourth-order valence-corrected chi connectivity index (χ4v) is 4.17. The molecule has 0 bridgehead atoms. The molecule has 0 spiro atoms. The van der Waals surface area contributed by atoms with Crippen molar-refractivity contribution in [3.8, 4) is 0 Å². The lowest BCUT2D eigenvalue weighted by molar-refractivity contribution is -0.136. The van der Waals surface area contributed by atoms with E-state index in [4.69, 9.17) is 0 Å². The summed E-state index contributed by atoms with van der Waals surface area (Å²) in [5, 5.41) is 0. The summed E-state index contributed by atoms with van der Waals surface area (Å²) in [6, 6.07) is 6.90. The predicted molar refractivity (Wildman–Crippen MR) is 87.8 cm³/mol. The summed E-state index contributed by atoms with van der Waals surface area (Å²) in [5.74, 6) is 0.719. The molecule has 0 aromatic heterocycles. The van der Waals surface area contributed by atoms with Crippen molar-refractivity contribution in [2.75, 3.05) is 26.2 Å². The van der Waals surface area contributed by atoms with Gasteiger partial charge in [-0.15, -0.1) is 4.40 Å². The molecule has 1 fully saturated rings. The topological polar surface area (TPSA) is 70.1 Å². The minimum atomic E-state index is -3.59. The minimum Gasteiger partial charge on any atom is -0.352 e. The molecule has 23 heavy (non-hydrogen) atoms. The second kappa shape index (κ2) is 5.96. The van der Waals surface area contributed by atoms with Crippen LogP contribution in [0.1, 0.15) is 25.8 Å². The lowest BCUT2D eigenvalue weighted by Gasteiger charge is -2.36. The van der Waals surface area contributed by atoms with Gasteiger partial charge < -0.3 is 9.80 Å². The highest BCUT2D eigenvalue weighted by molar-refractivity contribution is 7.90. The average Bonchev–Trinajstić information content (AvgIpc) is 2.85. The molecule has 6 nitrogen and oxygen atoms in total. The Morgan fingerprint density at radius 1 is 1.22 bits per heavy atom. The van der Waals surface area contributed by atoms with Crippen LogP contribution in [0, 0.1) is 5.92 Å². The normalized spacial score (nSPS) is 20.9. The van der Waals surface area contributed by atoms with Gasteiger partial charge in [-0.05, 0) is 18.6 Å². The molecule has 1 atom stereocenters. The van der Waals surface area contributed by atoms with E-state index in [1.165, 1.54) is 0 Å². The van der Waals surface area contributed by atoms with Crippen LogP contribution in [0.2, 0.25) is 0 Å². The van der Waals surface area contributed by atoms with E-state index >= 15 is 0 Å². The van der Waals surface area contributed by atoms with Crippen LogP contribution >= 0.6 is 0 Å². The zero-order valence-corrected chi connectivity index (χ0v) is 14.2. The summed E-state index contributed by atoms with van der Waals surface area (Å²) in [7, 11) is -3.59. The van der Waals surface area contributed by atoms with Crippen molar-refractivity contribution in [2.45, 2.75) is 25.2 Å². The van der Waals surface area contributed by atoms with Gasteiger partial charge >= 0.3 is 0 Å². The monoisotopic (exact) mass is 335 g/mol. The van der Waals surface area contributed by atoms with Gasteiger partial charge in [-0.1, -0.05) is 26.0 Å². The molecule has 1 saturated heterocycles. The molecule has 2 aliphatic heterocycles. The van der Waals surface area contributed by atoms with Crippen LogP contribution in [0.15, 0.2) is 33.6 Å². The van der Waals surface area contributed by atoms with E-state index in [2.05, 4.69) is 4.40 Å². The summed E-state index contributed by atoms with van der Waals surface area (Å²) >= 11 is 0. The molecule has 0 N–H and O–H groups in total. The molecule has 2 aliphatic rings. The van der Waals surface area contributed by atoms with Gasteiger partial charge in [-0.25, -0.2) is 0 Å². The van der Waals surface area contributed by atoms with Crippen LogP contribution in [0.4, 0.5) is 0 Å². The number of hydrogen-bond donors (Lipinski definition) is 0. The van der Waals surface area contributed by atoms with Crippen molar-refractivity contribution in [3.05, 3.63) is 29.8 Å². The van der Waals surface area contributed by atoms with Crippen molar-refractivity contribution in [3.63, 3.8) is 0 Å². The summed E-state index contributed by atoms with van der Waals surface area (Å²) in [6.07, 6.45) is 0.831. The Bertz CT molecular complexity index is 750. The van der Waals surface area contributed by atoms with Gasteiger partial charge in [-0.3, -0.25) is 4.79 Å². The van der Waals surface area contributed by atoms with Crippen molar-refractivity contribution in [1.29, 1.82) is 0 Å². The Balaban J connectivity index is 1.76. The number of nitrogens with zero attached hydrogens (tertiary/aromatic N) is 3. The maximum absolute atomic E-state index is 12.2. The van der Waals surface area contributed by atoms with E-state index < -0.39 is 10.0 Å². The van der Waals surface area contributed by atoms with E-state index in [0.717, 1.165) is 6.42 Å². The second-order valence-corrected chi connectivity index (χ2v) is 7.58. The molecule has 0 aliphatic carbocycles. The largest absolute Gasteiger partial charge is 0.352 e. The Morgan fingerprint density at radius 2 is 1.87 bits per heavy atom. The molecule has 1 unspecified atom stereocenters. The Labute approximate surface area is 136 Å². The number of hydrogen-bond acceptors (Lipinski definition) is 4. The third-order valence-corrected chi connectivity index (χ3v) is 5.86. The Morgan fingerprint density at radius 3 is 2.52 bits per heavy atom. The van der Waals surface area contributed by atoms with Gasteiger partial charge in [0.05, 0.1) is 0 Å². The highest BCUT2D eigenvalue weighted by Crippen LogP contribution is 2.28. The fraction of sp³-hybridized carbons (Fsp3) is 0.500. The van der Waals surface area contributed by atoms with Gasteiger partial charge in [-0.2, -0.15) is 8.42 Å². The molecule has 7 heteroatoms. The number of rotatable bonds is 2. The second-order valence-electron chi connectivity index (χ2n) is 6.01. The number of sulfonamides is 1. The molecule has 124 valence electrons. The highest BCUT2D eigenvalue weighted by atomic mass is 32.2. The van der Waals surface area contributed by atoms with Crippen LogP contribution in [0.5, 0.6) is 0 Å². The zero-order chi connectivity index (χ0) is 16.6. The van der Waals surface area contributed by atoms with Gasteiger partial charge in [0.2, 0.25) is 5.91 Å². The van der Waals surface area contributed by atoms with Crippen LogP contribution in [-0.4, -0.2) is 56.1 Å². The van der Waals surface area contributed by atoms with Crippen molar-refractivity contribution < 1.29 is 13.2 Å². The number of benzene rings is 1. The standard InChI is InChI=1S/C16H21N3O3S/c1-3-12(2)16(20)19-10-8-18(9-11-19)15-13-6-4-5-7-14(13)23(21,22)17-15/h4-7,12H,3,8-11H2,1-2H3. The average molecular weight is 335 g/mol. The molecule has 1 amide bonds. The van der Waals surface area contributed by atoms with E-state index in [1.807, 2.05) is 29.7 Å². The Hall–Kier alpha value is -1.89. The predicted octanol–water partition coefficient (Wildman–Crippen LogP) is 1.33. The maximum atomic E-state index is 12.2. The van der Waals surface area contributed by atoms with E-state index in [0.29, 0.717) is 37.6 Å². The van der Waals surface area contributed by atoms with E-state index in [-0.39, 0.29) is 16.7 Å². The van der Waals surface area contributed by atoms with Crippen molar-refractivity contribution >= 4 is 21.8 Å². The minimum absolute atomic E-state index is 0.0338. The molecular weight excluding hydrogens is 314 g/mol. The van der Waals surface area contributed by atoms with Crippen LogP contribution in [0.3, 0.4) is 0 Å². The first-order valence-corrected chi connectivity index (χ1v) is 9.36. The molecule has 0 saturated carbocycles. The number of amides is 1. The highest BCUT2D eigenvalue weighted by Gasteiger charge is 2.33. The number of carbonyl (C=O) groups is 1. The summed E-state index contributed by atoms with van der Waals surface area (Å²) in [5.41, 5.74) is 0.661. The zero-order valence-electron chi connectivity index (χ0n) is 13.4. The van der Waals surface area contributed by atoms with E-state index in [9.17, 15) is 13.2 Å². The molecule has 2 heterocycles. The molecule has 3 rings (SSSR count). The van der Waals surface area contributed by atoms with Crippen LogP contribution in [0.25, 0.3) is 0 Å². The van der Waals surface area contributed by atoms with E-state index in [1.54, 1.807) is 18.2 Å². The summed E-state index contributed by atoms with van der Waals surface area (Å²) in [6.45, 7) is 6.36. The van der Waals surface area contributed by atoms with Crippen LogP contribution < -0.4 is 0 Å². The first-order valence-electron chi connectivity index (χ1n) is 7.92. The fourth-order valence-electron chi connectivity index (χ4n) is 2.94. The van der Waals surface area contributed by atoms with Crippen LogP contribution in [-0.2, 0) is 14.8 Å². The summed E-state index contributed by atoms with van der Waals surface area (Å²) in [4.78, 5) is 16.3. The van der Waals surface area contributed by atoms with Gasteiger partial charge in [0.25, 0.3) is 10.0 Å². The number of piperazine rings is 1. The first-order chi connectivity index (χ1) is 10.9. The quantitative estimate of drug-likeness (QED) is 0.817. The third-order valence-electron chi connectivity index (χ3n) is 4.54. The van der Waals surface area contributed by atoms with Gasteiger partial charge in [0, 0.05) is 37.7 Å². The Kier molecular flexibility index (Phi) is 4.14. The lowest BCUT2D eigenvalue weighted by Crippen LogP contribution is -2.51. The first kappa shape index (κ1) is 16.0. The lowest BCUT2D eigenvalue weighted by atomic mass is 10.1. The molecule has 1 aromatic rings. The van der Waals surface area contributed by atoms with Crippen molar-refractivity contribution in [1.82, 2.24) is 9.80 Å². The molecular formula is C16H21N3O3S. The molecule has 0 radical (unpaired) electrons. The third kappa shape index (κ3) is 2.85. The van der Waals surface area contributed by atoms with Gasteiger partial charge in [0.1, 0.15) is 4.90 Å². The maximum Gasteiger partial charge on any atom is 0.285 e. The SMILES string of the molecule is CCC(C)C(=O)N1CCN(C2=NS(=O)(=O)c3ccccc32)CC1.